The van der Waals surface area contributed by atoms with Crippen LogP contribution in [0.15, 0.2) is 12.7 Å². The zero-order chi connectivity index (χ0) is 13.1. The summed E-state index contributed by atoms with van der Waals surface area (Å²) in [5, 5.41) is 0. The minimum absolute atomic E-state index is 0.0424. The molecule has 0 saturated heterocycles. The van der Waals surface area contributed by atoms with Gasteiger partial charge in [0.15, 0.2) is 5.78 Å². The molecule has 1 saturated carbocycles. The Bertz CT molecular complexity index is 313. The fourth-order valence-electron chi connectivity index (χ4n) is 1.46. The summed E-state index contributed by atoms with van der Waals surface area (Å²) in [4.78, 5) is 24.7. The number of carbonyl (C=O) groups is 2. The molecule has 1 aliphatic rings. The Kier molecular flexibility index (Phi) is 4.32. The summed E-state index contributed by atoms with van der Waals surface area (Å²) >= 11 is 0. The monoisotopic (exact) mass is 239 g/mol. The molecule has 0 spiro atoms. The van der Waals surface area contributed by atoms with Crippen molar-refractivity contribution in [1.29, 1.82) is 0 Å². The number of ether oxygens (including phenoxy) is 1. The lowest BCUT2D eigenvalue weighted by atomic mass is 10.2. The van der Waals surface area contributed by atoms with Gasteiger partial charge in [0.1, 0.15) is 5.60 Å². The highest BCUT2D eigenvalue weighted by atomic mass is 16.6. The summed E-state index contributed by atoms with van der Waals surface area (Å²) < 4.78 is 5.32. The summed E-state index contributed by atoms with van der Waals surface area (Å²) in [6.45, 7) is 9.35. The van der Waals surface area contributed by atoms with Crippen molar-refractivity contribution >= 4 is 11.9 Å². The topological polar surface area (TPSA) is 46.6 Å². The first-order chi connectivity index (χ1) is 7.83. The van der Waals surface area contributed by atoms with E-state index < -0.39 is 5.60 Å². The molecule has 1 rings (SSSR count). The van der Waals surface area contributed by atoms with Crippen molar-refractivity contribution in [3.05, 3.63) is 12.7 Å². The van der Waals surface area contributed by atoms with Gasteiger partial charge in [0, 0.05) is 19.0 Å². The van der Waals surface area contributed by atoms with E-state index in [9.17, 15) is 9.59 Å². The highest BCUT2D eigenvalue weighted by Gasteiger charge is 2.35. The molecule has 96 valence electrons. The maximum Gasteiger partial charge on any atom is 0.410 e. The van der Waals surface area contributed by atoms with Crippen LogP contribution < -0.4 is 0 Å². The molecule has 0 atom stereocenters. The number of amides is 1. The van der Waals surface area contributed by atoms with Crippen molar-refractivity contribution in [3.8, 4) is 0 Å². The van der Waals surface area contributed by atoms with Gasteiger partial charge in [-0.15, -0.1) is 0 Å². The summed E-state index contributed by atoms with van der Waals surface area (Å²) in [6.07, 6.45) is 3.29. The van der Waals surface area contributed by atoms with Gasteiger partial charge in [0.25, 0.3) is 0 Å². The first-order valence-corrected chi connectivity index (χ1v) is 5.98. The molecule has 0 aliphatic heterocycles. The maximum absolute atomic E-state index is 11.9. The molecule has 1 aliphatic carbocycles. The molecule has 1 amide bonds. The molecule has 0 N–H and O–H groups in total. The maximum atomic E-state index is 11.9. The number of carbonyl (C=O) groups excluding carboxylic acids is 2. The molecular weight excluding hydrogens is 218 g/mol. The van der Waals surface area contributed by atoms with Crippen molar-refractivity contribution in [2.75, 3.05) is 6.54 Å². The van der Waals surface area contributed by atoms with E-state index in [2.05, 4.69) is 6.58 Å². The van der Waals surface area contributed by atoms with Crippen LogP contribution in [0.5, 0.6) is 0 Å². The molecular formula is C13H21NO3. The lowest BCUT2D eigenvalue weighted by Crippen LogP contribution is -2.39. The van der Waals surface area contributed by atoms with Gasteiger partial charge in [0.05, 0.1) is 0 Å². The molecule has 0 bridgehead atoms. The third-order valence-corrected chi connectivity index (χ3v) is 2.44. The van der Waals surface area contributed by atoms with Gasteiger partial charge in [-0.2, -0.15) is 0 Å². The molecule has 0 aromatic carbocycles. The average molecular weight is 239 g/mol. The van der Waals surface area contributed by atoms with E-state index in [1.54, 1.807) is 4.90 Å². The van der Waals surface area contributed by atoms with Gasteiger partial charge < -0.3 is 9.64 Å². The summed E-state index contributed by atoms with van der Waals surface area (Å²) in [5.41, 5.74) is -0.493. The lowest BCUT2D eigenvalue weighted by molar-refractivity contribution is -0.114. The van der Waals surface area contributed by atoms with Crippen LogP contribution in [-0.2, 0) is 9.53 Å². The van der Waals surface area contributed by atoms with Crippen LogP contribution in [0, 0.1) is 0 Å². The van der Waals surface area contributed by atoms with Gasteiger partial charge in [-0.05, 0) is 39.7 Å². The summed E-state index contributed by atoms with van der Waals surface area (Å²) in [7, 11) is 0. The fraction of sp³-hybridized carbons (Fsp3) is 0.692. The van der Waals surface area contributed by atoms with Crippen molar-refractivity contribution in [1.82, 2.24) is 4.90 Å². The Morgan fingerprint density at radius 3 is 2.41 bits per heavy atom. The van der Waals surface area contributed by atoms with E-state index >= 15 is 0 Å². The van der Waals surface area contributed by atoms with E-state index in [1.165, 1.54) is 6.08 Å². The molecule has 0 aromatic heterocycles. The first kappa shape index (κ1) is 13.7. The van der Waals surface area contributed by atoms with E-state index in [0.717, 1.165) is 12.8 Å². The van der Waals surface area contributed by atoms with E-state index in [0.29, 0.717) is 13.0 Å². The molecule has 1 fully saturated rings. The van der Waals surface area contributed by atoms with Crippen LogP contribution in [0.4, 0.5) is 4.79 Å². The number of hydrogen-bond donors (Lipinski definition) is 0. The number of allylic oxidation sites excluding steroid dienone is 1. The second-order valence-corrected chi connectivity index (χ2v) is 5.33. The number of rotatable bonds is 5. The van der Waals surface area contributed by atoms with Crippen LogP contribution in [-0.4, -0.2) is 35.0 Å². The van der Waals surface area contributed by atoms with Crippen LogP contribution in [0.3, 0.4) is 0 Å². The molecule has 4 heteroatoms. The molecule has 0 radical (unpaired) electrons. The van der Waals surface area contributed by atoms with Crippen LogP contribution >= 0.6 is 0 Å². The van der Waals surface area contributed by atoms with Crippen molar-refractivity contribution in [2.24, 2.45) is 0 Å². The van der Waals surface area contributed by atoms with Gasteiger partial charge in [-0.1, -0.05) is 6.58 Å². The Balaban J connectivity index is 2.50. The largest absolute Gasteiger partial charge is 0.444 e. The van der Waals surface area contributed by atoms with Gasteiger partial charge in [-0.3, -0.25) is 4.79 Å². The van der Waals surface area contributed by atoms with E-state index in [1.807, 2.05) is 20.8 Å². The number of hydrogen-bond acceptors (Lipinski definition) is 3. The SMILES string of the molecule is C=CC(=O)CCN(C(=O)OC(C)(C)C)C1CC1. The molecule has 17 heavy (non-hydrogen) atoms. The first-order valence-electron chi connectivity index (χ1n) is 5.98. The predicted molar refractivity (Wildman–Crippen MR) is 65.8 cm³/mol. The van der Waals surface area contributed by atoms with Gasteiger partial charge in [-0.25, -0.2) is 4.79 Å². The molecule has 4 nitrogen and oxygen atoms in total. The molecule has 0 unspecified atom stereocenters. The van der Waals surface area contributed by atoms with E-state index in [4.69, 9.17) is 4.74 Å². The third-order valence-electron chi connectivity index (χ3n) is 2.44. The van der Waals surface area contributed by atoms with Gasteiger partial charge >= 0.3 is 6.09 Å². The van der Waals surface area contributed by atoms with Crippen LogP contribution in [0.2, 0.25) is 0 Å². The zero-order valence-corrected chi connectivity index (χ0v) is 10.9. The summed E-state index contributed by atoms with van der Waals surface area (Å²) in [6, 6.07) is 0.252. The Morgan fingerprint density at radius 2 is 2.00 bits per heavy atom. The van der Waals surface area contributed by atoms with Crippen molar-refractivity contribution in [3.63, 3.8) is 0 Å². The van der Waals surface area contributed by atoms with Gasteiger partial charge in [0.2, 0.25) is 0 Å². The summed E-state index contributed by atoms with van der Waals surface area (Å²) in [5.74, 6) is -0.0424. The van der Waals surface area contributed by atoms with Crippen LogP contribution in [0.1, 0.15) is 40.0 Å². The zero-order valence-electron chi connectivity index (χ0n) is 10.9. The van der Waals surface area contributed by atoms with Crippen LogP contribution in [0.25, 0.3) is 0 Å². The second kappa shape index (κ2) is 5.34. The smallest absolute Gasteiger partial charge is 0.410 e. The third kappa shape index (κ3) is 5.02. The minimum atomic E-state index is -0.493. The minimum Gasteiger partial charge on any atom is -0.444 e. The second-order valence-electron chi connectivity index (χ2n) is 5.33. The number of ketones is 1. The Hall–Kier alpha value is -1.32. The van der Waals surface area contributed by atoms with E-state index in [-0.39, 0.29) is 17.9 Å². The highest BCUT2D eigenvalue weighted by molar-refractivity contribution is 5.89. The fourth-order valence-corrected chi connectivity index (χ4v) is 1.46. The van der Waals surface area contributed by atoms with Crippen molar-refractivity contribution in [2.45, 2.75) is 51.7 Å². The Morgan fingerprint density at radius 1 is 1.41 bits per heavy atom. The molecule has 0 heterocycles. The Labute approximate surface area is 103 Å². The molecule has 0 aromatic rings. The normalized spacial score (nSPS) is 15.2. The predicted octanol–water partition coefficient (Wildman–Crippen LogP) is 2.53. The standard InChI is InChI=1S/C13H21NO3/c1-5-11(15)8-9-14(10-6-7-10)12(16)17-13(2,3)4/h5,10H,1,6-9H2,2-4H3. The quantitative estimate of drug-likeness (QED) is 0.693. The average Bonchev–Trinajstić information content (AvgIpc) is 2.99. The number of nitrogens with zero attached hydrogens (tertiary/aromatic N) is 1. The van der Waals surface area contributed by atoms with Crippen molar-refractivity contribution < 1.29 is 14.3 Å². The lowest BCUT2D eigenvalue weighted by Gasteiger charge is -2.27. The highest BCUT2D eigenvalue weighted by Crippen LogP contribution is 2.28.